The number of aryl methyl sites for hydroxylation is 2. The fourth-order valence-corrected chi connectivity index (χ4v) is 4.85. The Balaban J connectivity index is 1.74. The lowest BCUT2D eigenvalue weighted by Gasteiger charge is -2.43. The van der Waals surface area contributed by atoms with Crippen molar-refractivity contribution in [1.82, 2.24) is 10.2 Å². The quantitative estimate of drug-likeness (QED) is 0.800. The average Bonchev–Trinajstić information content (AvgIpc) is 2.72. The molecule has 27 heavy (non-hydrogen) atoms. The Labute approximate surface area is 160 Å². The van der Waals surface area contributed by atoms with Gasteiger partial charge >= 0.3 is 6.03 Å². The maximum absolute atomic E-state index is 13.1. The zero-order valence-electron chi connectivity index (χ0n) is 16.8. The Bertz CT molecular complexity index is 802. The van der Waals surface area contributed by atoms with Gasteiger partial charge in [0.1, 0.15) is 12.1 Å². The number of rotatable bonds is 3. The number of carbonyl (C=O) groups excluding carboxylic acids is 3. The van der Waals surface area contributed by atoms with Crippen LogP contribution in [0.5, 0.6) is 0 Å². The third-order valence-corrected chi connectivity index (χ3v) is 5.59. The molecule has 0 unspecified atom stereocenters. The molecule has 1 aliphatic carbocycles. The molecule has 1 aliphatic heterocycles. The number of nitrogens with zero attached hydrogens (tertiary/aromatic N) is 1. The molecule has 1 aromatic rings. The van der Waals surface area contributed by atoms with Gasteiger partial charge in [0.15, 0.2) is 0 Å². The van der Waals surface area contributed by atoms with Crippen molar-refractivity contribution < 1.29 is 14.4 Å². The Kier molecular flexibility index (Phi) is 4.78. The Morgan fingerprint density at radius 1 is 1.26 bits per heavy atom. The molecule has 2 atom stereocenters. The highest BCUT2D eigenvalue weighted by Crippen LogP contribution is 2.46. The number of benzene rings is 1. The second-order valence-corrected chi connectivity index (χ2v) is 9.12. The summed E-state index contributed by atoms with van der Waals surface area (Å²) < 4.78 is 0. The number of urea groups is 1. The van der Waals surface area contributed by atoms with Crippen molar-refractivity contribution in [2.45, 2.75) is 59.4 Å². The molecule has 2 N–H and O–H groups in total. The first-order valence-electron chi connectivity index (χ1n) is 9.53. The predicted octanol–water partition coefficient (Wildman–Crippen LogP) is 3.38. The van der Waals surface area contributed by atoms with Crippen molar-refractivity contribution in [2.24, 2.45) is 11.3 Å². The lowest BCUT2D eigenvalue weighted by Crippen LogP contribution is -2.54. The highest BCUT2D eigenvalue weighted by molar-refractivity contribution is 6.10. The topological polar surface area (TPSA) is 78.5 Å². The zero-order chi connectivity index (χ0) is 20.0. The smallest absolute Gasteiger partial charge is 0.324 e. The lowest BCUT2D eigenvalue weighted by atomic mass is 9.64. The standard InChI is InChI=1S/C21H29N3O3/c1-13-6-7-15(3)16(8-13)22-17(25)11-24-18(26)21(23-19(24)27)10-14(2)9-20(4,5)12-21/h6-8,14H,9-12H2,1-5H3,(H,22,25)(H,23,27)/t14-,21+/m1/s1. The summed E-state index contributed by atoms with van der Waals surface area (Å²) in [4.78, 5) is 39.2. The van der Waals surface area contributed by atoms with Gasteiger partial charge in [0.25, 0.3) is 5.91 Å². The molecule has 2 fully saturated rings. The van der Waals surface area contributed by atoms with E-state index in [1.165, 1.54) is 0 Å². The van der Waals surface area contributed by atoms with E-state index in [9.17, 15) is 14.4 Å². The first-order valence-corrected chi connectivity index (χ1v) is 9.53. The van der Waals surface area contributed by atoms with Gasteiger partial charge in [-0.3, -0.25) is 14.5 Å². The maximum atomic E-state index is 13.1. The number of anilines is 1. The molecule has 4 amide bonds. The fourth-order valence-electron chi connectivity index (χ4n) is 4.85. The van der Waals surface area contributed by atoms with Crippen LogP contribution in [0.15, 0.2) is 18.2 Å². The van der Waals surface area contributed by atoms with Gasteiger partial charge in [-0.05, 0) is 61.6 Å². The number of imide groups is 1. The fraction of sp³-hybridized carbons (Fsp3) is 0.571. The molecule has 1 saturated heterocycles. The number of nitrogens with one attached hydrogen (secondary N) is 2. The van der Waals surface area contributed by atoms with Crippen LogP contribution in [0.2, 0.25) is 0 Å². The van der Waals surface area contributed by atoms with Crippen LogP contribution in [0.3, 0.4) is 0 Å². The van der Waals surface area contributed by atoms with E-state index in [-0.39, 0.29) is 23.8 Å². The highest BCUT2D eigenvalue weighted by Gasteiger charge is 2.56. The third kappa shape index (κ3) is 3.84. The van der Waals surface area contributed by atoms with E-state index in [0.717, 1.165) is 22.4 Å². The first-order chi connectivity index (χ1) is 12.5. The van der Waals surface area contributed by atoms with Gasteiger partial charge in [0, 0.05) is 5.69 Å². The zero-order valence-corrected chi connectivity index (χ0v) is 16.8. The molecule has 1 saturated carbocycles. The van der Waals surface area contributed by atoms with Gasteiger partial charge in [0.2, 0.25) is 5.91 Å². The lowest BCUT2D eigenvalue weighted by molar-refractivity contribution is -0.136. The summed E-state index contributed by atoms with van der Waals surface area (Å²) in [6.07, 6.45) is 2.24. The summed E-state index contributed by atoms with van der Waals surface area (Å²) in [5, 5.41) is 5.72. The summed E-state index contributed by atoms with van der Waals surface area (Å²) in [6, 6.07) is 5.31. The summed E-state index contributed by atoms with van der Waals surface area (Å²) in [5.74, 6) is -0.308. The van der Waals surface area contributed by atoms with Crippen LogP contribution in [0, 0.1) is 25.2 Å². The van der Waals surface area contributed by atoms with Crippen molar-refractivity contribution in [3.8, 4) is 0 Å². The number of hydrogen-bond donors (Lipinski definition) is 2. The minimum absolute atomic E-state index is 0.0302. The number of hydrogen-bond acceptors (Lipinski definition) is 3. The first kappa shape index (κ1) is 19.4. The molecule has 1 spiro atoms. The van der Waals surface area contributed by atoms with Crippen LogP contribution in [0.25, 0.3) is 0 Å². The monoisotopic (exact) mass is 371 g/mol. The van der Waals surface area contributed by atoms with Crippen molar-refractivity contribution >= 4 is 23.5 Å². The summed E-state index contributed by atoms with van der Waals surface area (Å²) in [6.45, 7) is 9.94. The van der Waals surface area contributed by atoms with Gasteiger partial charge < -0.3 is 10.6 Å². The van der Waals surface area contributed by atoms with E-state index in [4.69, 9.17) is 0 Å². The second kappa shape index (κ2) is 6.66. The Morgan fingerprint density at radius 2 is 1.96 bits per heavy atom. The minimum Gasteiger partial charge on any atom is -0.324 e. The molecule has 6 nitrogen and oxygen atoms in total. The van der Waals surface area contributed by atoms with E-state index in [1.807, 2.05) is 32.0 Å². The minimum atomic E-state index is -0.877. The molecular weight excluding hydrogens is 342 g/mol. The van der Waals surface area contributed by atoms with Crippen LogP contribution in [0.4, 0.5) is 10.5 Å². The van der Waals surface area contributed by atoms with E-state index < -0.39 is 11.6 Å². The van der Waals surface area contributed by atoms with Gasteiger partial charge in [-0.2, -0.15) is 0 Å². The van der Waals surface area contributed by atoms with Crippen molar-refractivity contribution in [2.75, 3.05) is 11.9 Å². The Morgan fingerprint density at radius 3 is 2.63 bits per heavy atom. The van der Waals surface area contributed by atoms with Gasteiger partial charge in [-0.25, -0.2) is 4.79 Å². The molecule has 3 rings (SSSR count). The normalized spacial score (nSPS) is 27.0. The average molecular weight is 371 g/mol. The van der Waals surface area contributed by atoms with Crippen LogP contribution in [0.1, 0.15) is 51.2 Å². The molecule has 6 heteroatoms. The SMILES string of the molecule is Cc1ccc(C)c(NC(=O)CN2C(=O)N[C@]3(C[C@H](C)CC(C)(C)C3)C2=O)c1. The maximum Gasteiger partial charge on any atom is 0.325 e. The van der Waals surface area contributed by atoms with Crippen molar-refractivity contribution in [1.29, 1.82) is 0 Å². The van der Waals surface area contributed by atoms with Gasteiger partial charge in [0.05, 0.1) is 0 Å². The molecule has 0 aromatic heterocycles. The molecule has 146 valence electrons. The van der Waals surface area contributed by atoms with E-state index in [1.54, 1.807) is 0 Å². The molecule has 0 bridgehead atoms. The number of carbonyl (C=O) groups is 3. The molecule has 2 aliphatic rings. The molecule has 1 aromatic carbocycles. The van der Waals surface area contributed by atoms with Gasteiger partial charge in [-0.1, -0.05) is 32.9 Å². The van der Waals surface area contributed by atoms with E-state index in [2.05, 4.69) is 31.4 Å². The third-order valence-electron chi connectivity index (χ3n) is 5.59. The predicted molar refractivity (Wildman–Crippen MR) is 104 cm³/mol. The van der Waals surface area contributed by atoms with Crippen molar-refractivity contribution in [3.05, 3.63) is 29.3 Å². The summed E-state index contributed by atoms with van der Waals surface area (Å²) in [5.41, 5.74) is 1.76. The second-order valence-electron chi connectivity index (χ2n) is 9.12. The highest BCUT2D eigenvalue weighted by atomic mass is 16.2. The van der Waals surface area contributed by atoms with Crippen LogP contribution in [-0.4, -0.2) is 34.8 Å². The van der Waals surface area contributed by atoms with Crippen molar-refractivity contribution in [3.63, 3.8) is 0 Å². The Hall–Kier alpha value is -2.37. The van der Waals surface area contributed by atoms with Crippen LogP contribution < -0.4 is 10.6 Å². The van der Waals surface area contributed by atoms with E-state index in [0.29, 0.717) is 24.4 Å². The molecule has 0 radical (unpaired) electrons. The van der Waals surface area contributed by atoms with Crippen LogP contribution >= 0.6 is 0 Å². The summed E-state index contributed by atoms with van der Waals surface area (Å²) in [7, 11) is 0. The summed E-state index contributed by atoms with van der Waals surface area (Å²) >= 11 is 0. The largest absolute Gasteiger partial charge is 0.325 e. The molecule has 1 heterocycles. The van der Waals surface area contributed by atoms with Gasteiger partial charge in [-0.15, -0.1) is 0 Å². The number of amides is 4. The van der Waals surface area contributed by atoms with E-state index >= 15 is 0 Å². The van der Waals surface area contributed by atoms with Crippen LogP contribution in [-0.2, 0) is 9.59 Å². The molecular formula is C21H29N3O3.